The highest BCUT2D eigenvalue weighted by Crippen LogP contribution is 2.22. The van der Waals surface area contributed by atoms with Crippen LogP contribution in [0.2, 0.25) is 0 Å². The van der Waals surface area contributed by atoms with E-state index in [4.69, 9.17) is 16.9 Å². The number of amidine groups is 1. The third-order valence-electron chi connectivity index (χ3n) is 6.82. The number of hydrogen-bond acceptors (Lipinski definition) is 8. The SMILES string of the molecule is Cc1c(CC(NC(=O)C(C)NC(=O)C(CO)NC(=O)C(N)CC2=CCNC2C(=N)N)C(=O)O)[nH]c2ccccc12. The minimum Gasteiger partial charge on any atom is -0.480 e. The van der Waals surface area contributed by atoms with Crippen molar-refractivity contribution in [3.63, 3.8) is 0 Å². The number of nitrogens with one attached hydrogen (secondary N) is 6. The summed E-state index contributed by atoms with van der Waals surface area (Å²) in [6, 6.07) is 2.04. The highest BCUT2D eigenvalue weighted by molar-refractivity contribution is 5.94. The largest absolute Gasteiger partial charge is 0.480 e. The molecule has 216 valence electrons. The average Bonchev–Trinajstić information content (AvgIpc) is 3.50. The Labute approximate surface area is 230 Å². The summed E-state index contributed by atoms with van der Waals surface area (Å²) >= 11 is 0. The van der Waals surface area contributed by atoms with Crippen LogP contribution in [0.3, 0.4) is 0 Å². The molecule has 40 heavy (non-hydrogen) atoms. The molecule has 1 aromatic carbocycles. The van der Waals surface area contributed by atoms with Crippen molar-refractivity contribution in [1.82, 2.24) is 26.3 Å². The van der Waals surface area contributed by atoms with E-state index in [0.29, 0.717) is 17.8 Å². The Bertz CT molecular complexity index is 1320. The molecule has 0 radical (unpaired) electrons. The van der Waals surface area contributed by atoms with Crippen LogP contribution in [-0.2, 0) is 25.6 Å². The van der Waals surface area contributed by atoms with Gasteiger partial charge >= 0.3 is 5.97 Å². The van der Waals surface area contributed by atoms with E-state index in [1.807, 2.05) is 31.2 Å². The van der Waals surface area contributed by atoms with Gasteiger partial charge in [0.1, 0.15) is 24.0 Å². The molecule has 12 N–H and O–H groups in total. The maximum absolute atomic E-state index is 12.8. The molecule has 14 nitrogen and oxygen atoms in total. The summed E-state index contributed by atoms with van der Waals surface area (Å²) in [5.41, 5.74) is 14.6. The second-order valence-electron chi connectivity index (χ2n) is 9.74. The van der Waals surface area contributed by atoms with E-state index in [0.717, 1.165) is 16.5 Å². The highest BCUT2D eigenvalue weighted by atomic mass is 16.4. The summed E-state index contributed by atoms with van der Waals surface area (Å²) in [6.45, 7) is 2.91. The van der Waals surface area contributed by atoms with E-state index in [9.17, 15) is 29.4 Å². The first-order valence-electron chi connectivity index (χ1n) is 12.8. The quantitative estimate of drug-likeness (QED) is 0.0752. The van der Waals surface area contributed by atoms with Gasteiger partial charge < -0.3 is 47.9 Å². The Morgan fingerprint density at radius 3 is 2.38 bits per heavy atom. The molecule has 0 spiro atoms. The lowest BCUT2D eigenvalue weighted by atomic mass is 10.00. The molecule has 3 rings (SSSR count). The number of nitrogens with two attached hydrogens (primary N) is 2. The van der Waals surface area contributed by atoms with E-state index in [1.165, 1.54) is 6.92 Å². The van der Waals surface area contributed by atoms with Crippen molar-refractivity contribution in [3.8, 4) is 0 Å². The van der Waals surface area contributed by atoms with E-state index in [1.54, 1.807) is 6.08 Å². The Morgan fingerprint density at radius 2 is 1.75 bits per heavy atom. The number of H-pyrrole nitrogens is 1. The number of benzene rings is 1. The molecule has 0 bridgehead atoms. The number of carbonyl (C=O) groups is 4. The summed E-state index contributed by atoms with van der Waals surface area (Å²) in [5.74, 6) is -3.70. The maximum Gasteiger partial charge on any atom is 0.326 e. The number of aromatic nitrogens is 1. The van der Waals surface area contributed by atoms with Gasteiger partial charge in [-0.3, -0.25) is 19.8 Å². The predicted octanol–water partition coefficient (Wildman–Crippen LogP) is -1.88. The molecule has 0 saturated heterocycles. The monoisotopic (exact) mass is 556 g/mol. The van der Waals surface area contributed by atoms with Gasteiger partial charge in [-0.25, -0.2) is 4.79 Å². The van der Waals surface area contributed by atoms with E-state index in [-0.39, 0.29) is 18.7 Å². The first kappa shape index (κ1) is 30.3. The number of rotatable bonds is 13. The number of aryl methyl sites for hydroxylation is 1. The van der Waals surface area contributed by atoms with Crippen LogP contribution in [0.5, 0.6) is 0 Å². The molecule has 0 saturated carbocycles. The fraction of sp³-hybridized carbons (Fsp3) is 0.423. The minimum atomic E-state index is -1.41. The molecule has 2 aromatic rings. The fourth-order valence-electron chi connectivity index (χ4n) is 4.51. The molecule has 14 heteroatoms. The fourth-order valence-corrected chi connectivity index (χ4v) is 4.51. The molecule has 3 amide bonds. The first-order chi connectivity index (χ1) is 18.9. The lowest BCUT2D eigenvalue weighted by molar-refractivity contribution is -0.142. The summed E-state index contributed by atoms with van der Waals surface area (Å²) < 4.78 is 0. The normalized spacial score (nSPS) is 17.8. The average molecular weight is 557 g/mol. The molecular formula is C26H36N8O6. The van der Waals surface area contributed by atoms with Crippen molar-refractivity contribution in [2.24, 2.45) is 11.5 Å². The number of para-hydroxylation sites is 1. The lowest BCUT2D eigenvalue weighted by Gasteiger charge is -2.23. The molecule has 2 heterocycles. The number of carbonyl (C=O) groups excluding carboxylic acids is 3. The van der Waals surface area contributed by atoms with Gasteiger partial charge in [-0.15, -0.1) is 0 Å². The number of amides is 3. The van der Waals surface area contributed by atoms with Crippen molar-refractivity contribution in [1.29, 1.82) is 5.41 Å². The zero-order chi connectivity index (χ0) is 29.6. The second-order valence-corrected chi connectivity index (χ2v) is 9.74. The Hall–Kier alpha value is -4.27. The molecule has 0 fully saturated rings. The lowest BCUT2D eigenvalue weighted by Crippen LogP contribution is -2.57. The van der Waals surface area contributed by atoms with Crippen molar-refractivity contribution in [3.05, 3.63) is 47.2 Å². The van der Waals surface area contributed by atoms with Gasteiger partial charge in [0.2, 0.25) is 17.7 Å². The van der Waals surface area contributed by atoms with E-state index >= 15 is 0 Å². The van der Waals surface area contributed by atoms with Crippen molar-refractivity contribution in [2.75, 3.05) is 13.2 Å². The van der Waals surface area contributed by atoms with Gasteiger partial charge in [0.05, 0.1) is 18.7 Å². The summed E-state index contributed by atoms with van der Waals surface area (Å²) in [5, 5.41) is 38.1. The van der Waals surface area contributed by atoms with Gasteiger partial charge in [-0.2, -0.15) is 0 Å². The van der Waals surface area contributed by atoms with E-state index in [2.05, 4.69) is 26.3 Å². The number of carboxylic acids is 1. The third-order valence-corrected chi connectivity index (χ3v) is 6.82. The summed E-state index contributed by atoms with van der Waals surface area (Å²) in [4.78, 5) is 53.1. The highest BCUT2D eigenvalue weighted by Gasteiger charge is 2.30. The van der Waals surface area contributed by atoms with Crippen LogP contribution in [0.1, 0.15) is 24.6 Å². The van der Waals surface area contributed by atoms with Crippen LogP contribution in [0.25, 0.3) is 10.9 Å². The summed E-state index contributed by atoms with van der Waals surface area (Å²) in [7, 11) is 0. The predicted molar refractivity (Wildman–Crippen MR) is 147 cm³/mol. The number of hydrogen-bond donors (Lipinski definition) is 10. The van der Waals surface area contributed by atoms with Crippen LogP contribution in [-0.4, -0.2) is 88.1 Å². The standard InChI is InChI=1S/C26H36N8O6/c1-12-15-5-3-4-6-17(15)32-18(12)10-19(26(39)40)33-23(36)13(2)31-25(38)20(11-35)34-24(37)16(27)9-14-7-8-30-21(14)22(28)29/h3-7,13,16,19-21,30,32,35H,8-11,27H2,1-2H3,(H3,28,29)(H,31,38)(H,33,36)(H,34,37)(H,39,40). The van der Waals surface area contributed by atoms with Crippen molar-refractivity contribution < 1.29 is 29.4 Å². The molecule has 5 unspecified atom stereocenters. The summed E-state index contributed by atoms with van der Waals surface area (Å²) in [6.07, 6.45) is 1.85. The zero-order valence-corrected chi connectivity index (χ0v) is 22.3. The maximum atomic E-state index is 12.8. The third kappa shape index (κ3) is 7.22. The van der Waals surface area contributed by atoms with Crippen LogP contribution in [0, 0.1) is 12.3 Å². The number of fused-ring (bicyclic) bond motifs is 1. The van der Waals surface area contributed by atoms with Gasteiger partial charge in [0.15, 0.2) is 0 Å². The zero-order valence-electron chi connectivity index (χ0n) is 22.3. The van der Waals surface area contributed by atoms with Crippen LogP contribution < -0.4 is 32.7 Å². The Morgan fingerprint density at radius 1 is 1.07 bits per heavy atom. The van der Waals surface area contributed by atoms with Crippen molar-refractivity contribution in [2.45, 2.75) is 56.9 Å². The van der Waals surface area contributed by atoms with E-state index < -0.39 is 60.5 Å². The molecule has 0 aliphatic carbocycles. The first-order valence-corrected chi connectivity index (χ1v) is 12.8. The van der Waals surface area contributed by atoms with Crippen molar-refractivity contribution >= 4 is 40.4 Å². The molecule has 1 aliphatic heterocycles. The number of aliphatic carboxylic acids is 1. The number of aliphatic hydroxyl groups is 1. The molecule has 1 aliphatic rings. The Kier molecular flexibility index (Phi) is 9.98. The molecule has 1 aromatic heterocycles. The van der Waals surface area contributed by atoms with Crippen LogP contribution in [0.4, 0.5) is 0 Å². The Balaban J connectivity index is 1.56. The topological polar surface area (TPSA) is 249 Å². The van der Waals surface area contributed by atoms with Gasteiger partial charge in [-0.1, -0.05) is 24.3 Å². The van der Waals surface area contributed by atoms with Gasteiger partial charge in [-0.05, 0) is 37.5 Å². The van der Waals surface area contributed by atoms with Gasteiger partial charge in [0.25, 0.3) is 0 Å². The number of aromatic amines is 1. The minimum absolute atomic E-state index is 0.00803. The second kappa shape index (κ2) is 13.2. The molecular weight excluding hydrogens is 520 g/mol. The smallest absolute Gasteiger partial charge is 0.326 e. The van der Waals surface area contributed by atoms with Crippen LogP contribution >= 0.6 is 0 Å². The molecule has 5 atom stereocenters. The van der Waals surface area contributed by atoms with Gasteiger partial charge in [0, 0.05) is 29.6 Å². The number of carboxylic acid groups (broad SMARTS) is 1. The number of aliphatic hydroxyl groups excluding tert-OH is 1. The van der Waals surface area contributed by atoms with Crippen LogP contribution in [0.15, 0.2) is 35.9 Å².